The van der Waals surface area contributed by atoms with E-state index >= 15 is 0 Å². The van der Waals surface area contributed by atoms with E-state index in [-0.39, 0.29) is 18.4 Å². The molecule has 3 N–H and O–H groups in total. The Kier molecular flexibility index (Phi) is 5.18. The monoisotopic (exact) mass is 204 g/mol. The van der Waals surface area contributed by atoms with Crippen LogP contribution < -0.4 is 5.73 Å². The molecule has 0 unspecified atom stereocenters. The lowest BCUT2D eigenvalue weighted by molar-refractivity contribution is 0.0520. The highest BCUT2D eigenvalue weighted by Crippen LogP contribution is 2.03. The SMILES string of the molecule is CCOC(=O)c1cc(CN)c[nH]1.Cl. The quantitative estimate of drug-likeness (QED) is 0.724. The summed E-state index contributed by atoms with van der Waals surface area (Å²) < 4.78 is 4.77. The molecule has 0 aliphatic heterocycles. The summed E-state index contributed by atoms with van der Waals surface area (Å²) in [4.78, 5) is 13.9. The summed E-state index contributed by atoms with van der Waals surface area (Å²) in [7, 11) is 0. The average Bonchev–Trinajstić information content (AvgIpc) is 2.52. The molecule has 0 atom stereocenters. The van der Waals surface area contributed by atoms with Crippen LogP contribution in [0.5, 0.6) is 0 Å². The van der Waals surface area contributed by atoms with E-state index in [2.05, 4.69) is 4.98 Å². The Balaban J connectivity index is 0.00000144. The van der Waals surface area contributed by atoms with E-state index in [4.69, 9.17) is 10.5 Å². The normalized spacial score (nSPS) is 9.08. The second-order valence-corrected chi connectivity index (χ2v) is 2.35. The molecule has 0 aliphatic rings. The van der Waals surface area contributed by atoms with Gasteiger partial charge in [0.15, 0.2) is 0 Å². The molecule has 0 saturated heterocycles. The topological polar surface area (TPSA) is 68.1 Å². The third kappa shape index (κ3) is 3.08. The number of H-pyrrole nitrogens is 1. The van der Waals surface area contributed by atoms with Crippen molar-refractivity contribution in [2.24, 2.45) is 5.73 Å². The first kappa shape index (κ1) is 12.0. The highest BCUT2D eigenvalue weighted by atomic mass is 35.5. The van der Waals surface area contributed by atoms with Crippen LogP contribution in [0.2, 0.25) is 0 Å². The molecule has 0 bridgehead atoms. The largest absolute Gasteiger partial charge is 0.461 e. The molecular weight excluding hydrogens is 192 g/mol. The van der Waals surface area contributed by atoms with Gasteiger partial charge in [0.25, 0.3) is 0 Å². The van der Waals surface area contributed by atoms with E-state index < -0.39 is 0 Å². The fourth-order valence-electron chi connectivity index (χ4n) is 0.884. The number of nitrogens with one attached hydrogen (secondary N) is 1. The summed E-state index contributed by atoms with van der Waals surface area (Å²) in [6, 6.07) is 1.69. The highest BCUT2D eigenvalue weighted by Gasteiger charge is 2.07. The Bertz CT molecular complexity index is 273. The first-order valence-corrected chi connectivity index (χ1v) is 3.82. The fraction of sp³-hybridized carbons (Fsp3) is 0.375. The van der Waals surface area contributed by atoms with E-state index in [1.54, 1.807) is 19.2 Å². The molecule has 0 fully saturated rings. The zero-order chi connectivity index (χ0) is 8.97. The van der Waals surface area contributed by atoms with Gasteiger partial charge in [0.1, 0.15) is 5.69 Å². The minimum Gasteiger partial charge on any atom is -0.461 e. The molecule has 0 aliphatic carbocycles. The van der Waals surface area contributed by atoms with Crippen molar-refractivity contribution in [3.05, 3.63) is 23.5 Å². The highest BCUT2D eigenvalue weighted by molar-refractivity contribution is 5.87. The van der Waals surface area contributed by atoms with Crippen molar-refractivity contribution in [2.75, 3.05) is 6.61 Å². The Morgan fingerprint density at radius 1 is 1.69 bits per heavy atom. The molecule has 0 aromatic carbocycles. The van der Waals surface area contributed by atoms with Gasteiger partial charge in [0.2, 0.25) is 0 Å². The zero-order valence-electron chi connectivity index (χ0n) is 7.37. The van der Waals surface area contributed by atoms with Gasteiger partial charge in [-0.1, -0.05) is 0 Å². The molecule has 1 aromatic rings. The Morgan fingerprint density at radius 2 is 2.38 bits per heavy atom. The number of aromatic nitrogens is 1. The number of hydrogen-bond donors (Lipinski definition) is 2. The van der Waals surface area contributed by atoms with Crippen LogP contribution >= 0.6 is 12.4 Å². The van der Waals surface area contributed by atoms with Gasteiger partial charge < -0.3 is 15.5 Å². The van der Waals surface area contributed by atoms with E-state index in [1.807, 2.05) is 0 Å². The minimum absolute atomic E-state index is 0. The number of halogens is 1. The molecule has 1 rings (SSSR count). The molecule has 0 radical (unpaired) electrons. The molecule has 1 heterocycles. The van der Waals surface area contributed by atoms with Gasteiger partial charge in [0, 0.05) is 12.7 Å². The zero-order valence-corrected chi connectivity index (χ0v) is 8.19. The van der Waals surface area contributed by atoms with E-state index in [0.29, 0.717) is 18.8 Å². The minimum atomic E-state index is -0.336. The Morgan fingerprint density at radius 3 is 2.85 bits per heavy atom. The Labute approximate surface area is 82.9 Å². The third-order valence-electron chi connectivity index (χ3n) is 1.47. The van der Waals surface area contributed by atoms with Crippen LogP contribution in [-0.2, 0) is 11.3 Å². The maximum Gasteiger partial charge on any atom is 0.354 e. The predicted octanol–water partition coefficient (Wildman–Crippen LogP) is 1.07. The van der Waals surface area contributed by atoms with Crippen molar-refractivity contribution in [1.82, 2.24) is 4.98 Å². The molecule has 0 amide bonds. The number of carbonyl (C=O) groups is 1. The number of aromatic amines is 1. The second-order valence-electron chi connectivity index (χ2n) is 2.35. The van der Waals surface area contributed by atoms with Gasteiger partial charge in [-0.2, -0.15) is 0 Å². The lowest BCUT2D eigenvalue weighted by Crippen LogP contribution is -2.04. The lowest BCUT2D eigenvalue weighted by Gasteiger charge is -1.96. The van der Waals surface area contributed by atoms with Gasteiger partial charge in [-0.3, -0.25) is 0 Å². The van der Waals surface area contributed by atoms with Crippen LogP contribution in [0.3, 0.4) is 0 Å². The Hall–Kier alpha value is -1.00. The molecule has 13 heavy (non-hydrogen) atoms. The first-order valence-electron chi connectivity index (χ1n) is 3.82. The number of esters is 1. The van der Waals surface area contributed by atoms with E-state index in [1.165, 1.54) is 0 Å². The standard InChI is InChI=1S/C8H12N2O2.ClH/c1-2-12-8(11)7-3-6(4-9)5-10-7;/h3,5,10H,2,4,9H2,1H3;1H. The molecule has 0 spiro atoms. The van der Waals surface area contributed by atoms with Crippen molar-refractivity contribution >= 4 is 18.4 Å². The maximum absolute atomic E-state index is 11.1. The summed E-state index contributed by atoms with van der Waals surface area (Å²) in [6.45, 7) is 2.58. The van der Waals surface area contributed by atoms with Crippen molar-refractivity contribution in [3.63, 3.8) is 0 Å². The number of nitrogens with two attached hydrogens (primary N) is 1. The average molecular weight is 205 g/mol. The van der Waals surface area contributed by atoms with Crippen LogP contribution in [0, 0.1) is 0 Å². The van der Waals surface area contributed by atoms with Crippen LogP contribution in [0.15, 0.2) is 12.3 Å². The van der Waals surface area contributed by atoms with Crippen LogP contribution in [0.1, 0.15) is 23.0 Å². The number of hydrogen-bond acceptors (Lipinski definition) is 3. The predicted molar refractivity (Wildman–Crippen MR) is 51.9 cm³/mol. The molecule has 1 aromatic heterocycles. The van der Waals surface area contributed by atoms with Crippen LogP contribution in [0.25, 0.3) is 0 Å². The number of ether oxygens (including phenoxy) is 1. The van der Waals surface area contributed by atoms with Crippen molar-refractivity contribution in [2.45, 2.75) is 13.5 Å². The number of rotatable bonds is 3. The molecule has 4 nitrogen and oxygen atoms in total. The third-order valence-corrected chi connectivity index (χ3v) is 1.47. The van der Waals surface area contributed by atoms with E-state index in [9.17, 15) is 4.79 Å². The van der Waals surface area contributed by atoms with Gasteiger partial charge in [-0.15, -0.1) is 12.4 Å². The number of carbonyl (C=O) groups excluding carboxylic acids is 1. The summed E-state index contributed by atoms with van der Waals surface area (Å²) in [5.74, 6) is -0.336. The van der Waals surface area contributed by atoms with Gasteiger partial charge in [-0.05, 0) is 18.6 Å². The first-order chi connectivity index (χ1) is 5.77. The van der Waals surface area contributed by atoms with Crippen molar-refractivity contribution < 1.29 is 9.53 Å². The van der Waals surface area contributed by atoms with Gasteiger partial charge >= 0.3 is 5.97 Å². The van der Waals surface area contributed by atoms with Gasteiger partial charge in [-0.25, -0.2) is 4.79 Å². The van der Waals surface area contributed by atoms with E-state index in [0.717, 1.165) is 5.56 Å². The summed E-state index contributed by atoms with van der Waals surface area (Å²) >= 11 is 0. The molecule has 74 valence electrons. The lowest BCUT2D eigenvalue weighted by atomic mass is 10.3. The fourth-order valence-corrected chi connectivity index (χ4v) is 0.884. The maximum atomic E-state index is 11.1. The smallest absolute Gasteiger partial charge is 0.354 e. The summed E-state index contributed by atoms with van der Waals surface area (Å²) in [6.07, 6.45) is 1.70. The van der Waals surface area contributed by atoms with Gasteiger partial charge in [0.05, 0.1) is 6.61 Å². The molecule has 5 heteroatoms. The van der Waals surface area contributed by atoms with Crippen molar-refractivity contribution in [1.29, 1.82) is 0 Å². The molecule has 0 saturated carbocycles. The summed E-state index contributed by atoms with van der Waals surface area (Å²) in [5.41, 5.74) is 6.72. The summed E-state index contributed by atoms with van der Waals surface area (Å²) in [5, 5.41) is 0. The second kappa shape index (κ2) is 5.61. The molecular formula is C8H13ClN2O2. The van der Waals surface area contributed by atoms with Crippen LogP contribution in [-0.4, -0.2) is 17.6 Å². The van der Waals surface area contributed by atoms with Crippen LogP contribution in [0.4, 0.5) is 0 Å². The van der Waals surface area contributed by atoms with Crippen molar-refractivity contribution in [3.8, 4) is 0 Å².